The van der Waals surface area contributed by atoms with E-state index in [1.165, 1.54) is 29.2 Å². The van der Waals surface area contributed by atoms with E-state index in [1.807, 2.05) is 0 Å². The van der Waals surface area contributed by atoms with Crippen LogP contribution >= 0.6 is 0 Å². The van der Waals surface area contributed by atoms with Crippen molar-refractivity contribution in [3.05, 3.63) is 47.3 Å². The highest BCUT2D eigenvalue weighted by Gasteiger charge is 2.40. The van der Waals surface area contributed by atoms with Crippen LogP contribution in [0, 0.1) is 0 Å². The molecule has 6 nitrogen and oxygen atoms in total. The molecule has 0 unspecified atom stereocenters. The standard InChI is InChI=1S/C15H14F3N3O3/c1-3-20(2)13(22)9-4-6-10(7-5-9)21-12(15(16,17)18)11(8-19-21)14(23)24/h4-8H,3H2,1-2H3,(H,23,24). The molecule has 1 N–H and O–H groups in total. The second-order valence-corrected chi connectivity index (χ2v) is 4.99. The first-order chi connectivity index (χ1) is 11.2. The summed E-state index contributed by atoms with van der Waals surface area (Å²) in [7, 11) is 1.60. The molecule has 0 aliphatic rings. The normalized spacial score (nSPS) is 11.4. The Hall–Kier alpha value is -2.84. The van der Waals surface area contributed by atoms with Crippen LogP contribution in [-0.2, 0) is 6.18 Å². The molecule has 1 heterocycles. The maximum atomic E-state index is 13.2. The van der Waals surface area contributed by atoms with Crippen molar-refractivity contribution in [3.8, 4) is 5.69 Å². The largest absolute Gasteiger partial charge is 0.478 e. The van der Waals surface area contributed by atoms with Gasteiger partial charge in [-0.05, 0) is 31.2 Å². The van der Waals surface area contributed by atoms with Crippen molar-refractivity contribution in [1.82, 2.24) is 14.7 Å². The van der Waals surface area contributed by atoms with Crippen LogP contribution in [0.1, 0.15) is 33.3 Å². The van der Waals surface area contributed by atoms with Crippen molar-refractivity contribution in [3.63, 3.8) is 0 Å². The van der Waals surface area contributed by atoms with Crippen molar-refractivity contribution < 1.29 is 27.9 Å². The van der Waals surface area contributed by atoms with Crippen molar-refractivity contribution in [2.75, 3.05) is 13.6 Å². The molecule has 128 valence electrons. The van der Waals surface area contributed by atoms with Crippen LogP contribution in [0.5, 0.6) is 0 Å². The summed E-state index contributed by atoms with van der Waals surface area (Å²) in [5.41, 5.74) is -2.00. The van der Waals surface area contributed by atoms with Gasteiger partial charge in [0.05, 0.1) is 11.9 Å². The summed E-state index contributed by atoms with van der Waals surface area (Å²) in [5, 5.41) is 12.4. The lowest BCUT2D eigenvalue weighted by Crippen LogP contribution is -2.26. The molecule has 1 amide bonds. The summed E-state index contributed by atoms with van der Waals surface area (Å²) < 4.78 is 40.0. The van der Waals surface area contributed by atoms with E-state index in [9.17, 15) is 22.8 Å². The Balaban J connectivity index is 2.47. The van der Waals surface area contributed by atoms with Gasteiger partial charge < -0.3 is 10.0 Å². The maximum Gasteiger partial charge on any atom is 0.434 e. The molecule has 0 saturated carbocycles. The number of carboxylic acid groups (broad SMARTS) is 1. The van der Waals surface area contributed by atoms with Crippen LogP contribution in [0.4, 0.5) is 13.2 Å². The van der Waals surface area contributed by atoms with Crippen molar-refractivity contribution in [2.24, 2.45) is 0 Å². The number of carbonyl (C=O) groups is 2. The molecule has 0 saturated heterocycles. The zero-order chi connectivity index (χ0) is 18.1. The zero-order valence-electron chi connectivity index (χ0n) is 12.8. The van der Waals surface area contributed by atoms with Gasteiger partial charge in [0.1, 0.15) is 5.56 Å². The molecule has 2 rings (SSSR count). The van der Waals surface area contributed by atoms with E-state index in [0.717, 1.165) is 0 Å². The van der Waals surface area contributed by atoms with E-state index in [1.54, 1.807) is 14.0 Å². The smallest absolute Gasteiger partial charge is 0.434 e. The van der Waals surface area contributed by atoms with E-state index < -0.39 is 23.4 Å². The Bertz CT molecular complexity index is 767. The molecular formula is C15H14F3N3O3. The SMILES string of the molecule is CCN(C)C(=O)c1ccc(-n2ncc(C(=O)O)c2C(F)(F)F)cc1. The number of hydrogen-bond donors (Lipinski definition) is 1. The van der Waals surface area contributed by atoms with Gasteiger partial charge >= 0.3 is 12.1 Å². The van der Waals surface area contributed by atoms with Crippen LogP contribution < -0.4 is 0 Å². The fourth-order valence-corrected chi connectivity index (χ4v) is 2.08. The second-order valence-electron chi connectivity index (χ2n) is 4.99. The van der Waals surface area contributed by atoms with Crippen LogP contribution in [0.3, 0.4) is 0 Å². The minimum absolute atomic E-state index is 0.00512. The minimum atomic E-state index is -4.89. The second kappa shape index (κ2) is 6.34. The average molecular weight is 341 g/mol. The van der Waals surface area contributed by atoms with Gasteiger partial charge in [-0.2, -0.15) is 18.3 Å². The van der Waals surface area contributed by atoms with Gasteiger partial charge in [-0.3, -0.25) is 4.79 Å². The third kappa shape index (κ3) is 3.24. The third-order valence-corrected chi connectivity index (χ3v) is 3.45. The summed E-state index contributed by atoms with van der Waals surface area (Å²) in [4.78, 5) is 24.4. The van der Waals surface area contributed by atoms with E-state index in [2.05, 4.69) is 5.10 Å². The Morgan fingerprint density at radius 2 is 1.83 bits per heavy atom. The quantitative estimate of drug-likeness (QED) is 0.928. The number of aromatic carboxylic acids is 1. The minimum Gasteiger partial charge on any atom is -0.478 e. The van der Waals surface area contributed by atoms with Crippen LogP contribution in [0.2, 0.25) is 0 Å². The van der Waals surface area contributed by atoms with E-state index in [4.69, 9.17) is 5.11 Å². The molecule has 0 spiro atoms. The Labute approximate surface area is 135 Å². The highest BCUT2D eigenvalue weighted by Crippen LogP contribution is 2.33. The number of nitrogens with zero attached hydrogens (tertiary/aromatic N) is 3. The summed E-state index contributed by atoms with van der Waals surface area (Å²) in [6.45, 7) is 2.28. The summed E-state index contributed by atoms with van der Waals surface area (Å²) in [5.74, 6) is -1.99. The van der Waals surface area contributed by atoms with Gasteiger partial charge in [0, 0.05) is 19.2 Å². The first kappa shape index (κ1) is 17.5. The predicted octanol–water partition coefficient (Wildman–Crippen LogP) is 2.68. The predicted molar refractivity (Wildman–Crippen MR) is 78.2 cm³/mol. The monoisotopic (exact) mass is 341 g/mol. The highest BCUT2D eigenvalue weighted by atomic mass is 19.4. The van der Waals surface area contributed by atoms with Gasteiger partial charge in [0.15, 0.2) is 5.69 Å². The molecule has 2 aromatic rings. The average Bonchev–Trinajstić information content (AvgIpc) is 2.99. The summed E-state index contributed by atoms with van der Waals surface area (Å²) in [6, 6.07) is 5.30. The number of carboxylic acids is 1. The molecule has 24 heavy (non-hydrogen) atoms. The zero-order valence-corrected chi connectivity index (χ0v) is 12.8. The van der Waals surface area contributed by atoms with Gasteiger partial charge in [-0.1, -0.05) is 0 Å². The molecule has 0 fully saturated rings. The van der Waals surface area contributed by atoms with Gasteiger partial charge in [0.25, 0.3) is 5.91 Å². The first-order valence-corrected chi connectivity index (χ1v) is 6.91. The molecular weight excluding hydrogens is 327 g/mol. The van der Waals surface area contributed by atoms with Crippen molar-refractivity contribution >= 4 is 11.9 Å². The molecule has 0 atom stereocenters. The fourth-order valence-electron chi connectivity index (χ4n) is 2.08. The lowest BCUT2D eigenvalue weighted by Gasteiger charge is -2.15. The highest BCUT2D eigenvalue weighted by molar-refractivity contribution is 5.94. The Morgan fingerprint density at radius 1 is 1.25 bits per heavy atom. The summed E-state index contributed by atoms with van der Waals surface area (Å²) in [6.07, 6.45) is -4.24. The van der Waals surface area contributed by atoms with E-state index in [-0.39, 0.29) is 11.6 Å². The topological polar surface area (TPSA) is 75.4 Å². The lowest BCUT2D eigenvalue weighted by molar-refractivity contribution is -0.143. The van der Waals surface area contributed by atoms with Crippen molar-refractivity contribution in [1.29, 1.82) is 0 Å². The number of rotatable bonds is 4. The number of halogens is 3. The van der Waals surface area contributed by atoms with Gasteiger partial charge in [-0.25, -0.2) is 9.48 Å². The van der Waals surface area contributed by atoms with E-state index in [0.29, 0.717) is 23.0 Å². The van der Waals surface area contributed by atoms with Gasteiger partial charge in [-0.15, -0.1) is 0 Å². The first-order valence-electron chi connectivity index (χ1n) is 6.91. The van der Waals surface area contributed by atoms with Crippen LogP contribution in [0.15, 0.2) is 30.5 Å². The molecule has 1 aromatic heterocycles. The number of hydrogen-bond acceptors (Lipinski definition) is 3. The molecule has 0 bridgehead atoms. The maximum absolute atomic E-state index is 13.2. The number of alkyl halides is 3. The van der Waals surface area contributed by atoms with Crippen LogP contribution in [0.25, 0.3) is 5.69 Å². The number of aromatic nitrogens is 2. The Kier molecular flexibility index (Phi) is 4.63. The Morgan fingerprint density at radius 3 is 2.29 bits per heavy atom. The number of benzene rings is 1. The molecule has 0 aliphatic heterocycles. The number of amides is 1. The molecule has 1 aromatic carbocycles. The molecule has 9 heteroatoms. The summed E-state index contributed by atoms with van der Waals surface area (Å²) >= 11 is 0. The van der Waals surface area contributed by atoms with Gasteiger partial charge in [0.2, 0.25) is 0 Å². The molecule has 0 radical (unpaired) electrons. The molecule has 0 aliphatic carbocycles. The van der Waals surface area contributed by atoms with E-state index >= 15 is 0 Å². The third-order valence-electron chi connectivity index (χ3n) is 3.45. The fraction of sp³-hybridized carbons (Fsp3) is 0.267. The van der Waals surface area contributed by atoms with Crippen LogP contribution in [-0.4, -0.2) is 45.3 Å². The lowest BCUT2D eigenvalue weighted by atomic mass is 10.1. The number of carbonyl (C=O) groups excluding carboxylic acids is 1. The van der Waals surface area contributed by atoms with Crippen molar-refractivity contribution in [2.45, 2.75) is 13.1 Å².